The van der Waals surface area contributed by atoms with E-state index in [4.69, 9.17) is 9.15 Å². The summed E-state index contributed by atoms with van der Waals surface area (Å²) in [4.78, 5) is 12.1. The molecular formula is C19H21N3O3. The lowest BCUT2D eigenvalue weighted by Gasteiger charge is -2.10. The van der Waals surface area contributed by atoms with E-state index in [-0.39, 0.29) is 12.5 Å². The number of benzene rings is 1. The Morgan fingerprint density at radius 2 is 2.04 bits per heavy atom. The molecule has 0 fully saturated rings. The topological polar surface area (TPSA) is 69.3 Å². The van der Waals surface area contributed by atoms with Crippen molar-refractivity contribution in [1.82, 2.24) is 9.78 Å². The number of nitrogens with zero attached hydrogens (tertiary/aromatic N) is 2. The van der Waals surface area contributed by atoms with Crippen molar-refractivity contribution in [1.29, 1.82) is 0 Å². The number of rotatable bonds is 7. The van der Waals surface area contributed by atoms with Gasteiger partial charge in [0, 0.05) is 6.07 Å². The second kappa shape index (κ2) is 7.70. The van der Waals surface area contributed by atoms with Crippen LogP contribution in [0.2, 0.25) is 0 Å². The van der Waals surface area contributed by atoms with E-state index in [2.05, 4.69) is 24.3 Å². The number of anilines is 1. The van der Waals surface area contributed by atoms with Crippen molar-refractivity contribution in [3.63, 3.8) is 0 Å². The summed E-state index contributed by atoms with van der Waals surface area (Å²) < 4.78 is 12.5. The minimum absolute atomic E-state index is 0.0625. The number of furan rings is 1. The van der Waals surface area contributed by atoms with Crippen LogP contribution in [0.1, 0.15) is 31.1 Å². The maximum Gasteiger partial charge on any atom is 0.263 e. The molecule has 0 spiro atoms. The predicted molar refractivity (Wildman–Crippen MR) is 94.7 cm³/mol. The first-order valence-corrected chi connectivity index (χ1v) is 8.18. The molecule has 1 amide bonds. The number of nitrogens with one attached hydrogen (secondary N) is 1. The minimum atomic E-state index is -0.242. The molecule has 0 bridgehead atoms. The summed E-state index contributed by atoms with van der Waals surface area (Å²) in [6, 6.07) is 13.2. The van der Waals surface area contributed by atoms with Crippen LogP contribution >= 0.6 is 0 Å². The Kier molecular flexibility index (Phi) is 5.18. The average Bonchev–Trinajstić information content (AvgIpc) is 3.26. The van der Waals surface area contributed by atoms with Crippen molar-refractivity contribution in [2.24, 2.45) is 0 Å². The molecule has 3 aromatic rings. The number of ether oxygens (including phenoxy) is 1. The zero-order chi connectivity index (χ0) is 17.6. The molecule has 0 aliphatic heterocycles. The highest BCUT2D eigenvalue weighted by molar-refractivity contribution is 5.91. The molecule has 6 nitrogen and oxygen atoms in total. The van der Waals surface area contributed by atoms with Crippen LogP contribution in [0.3, 0.4) is 0 Å². The van der Waals surface area contributed by atoms with E-state index in [9.17, 15) is 4.79 Å². The molecule has 0 saturated heterocycles. The fourth-order valence-corrected chi connectivity index (χ4v) is 2.39. The zero-order valence-electron chi connectivity index (χ0n) is 14.3. The highest BCUT2D eigenvalue weighted by Gasteiger charge is 2.10. The molecule has 1 aromatic carbocycles. The molecule has 0 unspecified atom stereocenters. The Balaban J connectivity index is 1.53. The van der Waals surface area contributed by atoms with Crippen LogP contribution in [-0.2, 0) is 11.3 Å². The monoisotopic (exact) mass is 339 g/mol. The largest absolute Gasteiger partial charge is 0.484 e. The fraction of sp³-hybridized carbons (Fsp3) is 0.263. The lowest BCUT2D eigenvalue weighted by atomic mass is 10.0. The Morgan fingerprint density at radius 3 is 2.72 bits per heavy atom. The Morgan fingerprint density at radius 1 is 1.24 bits per heavy atom. The molecule has 3 rings (SSSR count). The van der Waals surface area contributed by atoms with Gasteiger partial charge in [0.1, 0.15) is 23.9 Å². The molecule has 25 heavy (non-hydrogen) atoms. The molecule has 0 saturated carbocycles. The van der Waals surface area contributed by atoms with Crippen molar-refractivity contribution in [2.75, 3.05) is 11.9 Å². The maximum absolute atomic E-state index is 12.1. The molecule has 130 valence electrons. The summed E-state index contributed by atoms with van der Waals surface area (Å²) in [6.07, 6.45) is 3.24. The van der Waals surface area contributed by atoms with Gasteiger partial charge in [-0.25, -0.2) is 4.68 Å². The van der Waals surface area contributed by atoms with Crippen LogP contribution in [0.25, 0.3) is 0 Å². The standard InChI is InChI=1S/C19H21N3O3/c1-14(2)15-5-7-16(8-6-15)25-13-19(23)21-18-9-10-20-22(18)12-17-4-3-11-24-17/h3-11,14H,12-13H2,1-2H3,(H,21,23). The van der Waals surface area contributed by atoms with E-state index < -0.39 is 0 Å². The van der Waals surface area contributed by atoms with Gasteiger partial charge in [-0.2, -0.15) is 5.10 Å². The summed E-state index contributed by atoms with van der Waals surface area (Å²) in [5.74, 6) is 2.26. The molecule has 6 heteroatoms. The number of hydrogen-bond acceptors (Lipinski definition) is 4. The first-order valence-electron chi connectivity index (χ1n) is 8.18. The van der Waals surface area contributed by atoms with E-state index in [0.717, 1.165) is 5.76 Å². The van der Waals surface area contributed by atoms with E-state index in [1.165, 1.54) is 5.56 Å². The summed E-state index contributed by atoms with van der Waals surface area (Å²) in [5, 5.41) is 6.99. The molecule has 0 aliphatic carbocycles. The molecular weight excluding hydrogens is 318 g/mol. The number of aromatic nitrogens is 2. The summed E-state index contributed by atoms with van der Waals surface area (Å²) in [7, 11) is 0. The van der Waals surface area contributed by atoms with E-state index in [0.29, 0.717) is 24.0 Å². The molecule has 2 aromatic heterocycles. The maximum atomic E-state index is 12.1. The van der Waals surface area contributed by atoms with Gasteiger partial charge < -0.3 is 14.5 Å². The van der Waals surface area contributed by atoms with Crippen molar-refractivity contribution in [2.45, 2.75) is 26.3 Å². The Hall–Kier alpha value is -3.02. The molecule has 0 aliphatic rings. The number of carbonyl (C=O) groups excluding carboxylic acids is 1. The molecule has 0 radical (unpaired) electrons. The fourth-order valence-electron chi connectivity index (χ4n) is 2.39. The highest BCUT2D eigenvalue weighted by atomic mass is 16.5. The SMILES string of the molecule is CC(C)c1ccc(OCC(=O)Nc2ccnn2Cc2ccco2)cc1. The first kappa shape index (κ1) is 16.8. The van der Waals surface area contributed by atoms with Crippen LogP contribution in [0.4, 0.5) is 5.82 Å². The van der Waals surface area contributed by atoms with Gasteiger partial charge in [-0.05, 0) is 35.7 Å². The van der Waals surface area contributed by atoms with Gasteiger partial charge in [-0.3, -0.25) is 4.79 Å². The van der Waals surface area contributed by atoms with Gasteiger partial charge in [0.05, 0.1) is 12.5 Å². The van der Waals surface area contributed by atoms with Crippen LogP contribution < -0.4 is 10.1 Å². The molecule has 0 atom stereocenters. The van der Waals surface area contributed by atoms with Crippen LogP contribution in [-0.4, -0.2) is 22.3 Å². The quantitative estimate of drug-likeness (QED) is 0.713. The molecule has 1 N–H and O–H groups in total. The first-order chi connectivity index (χ1) is 12.1. The van der Waals surface area contributed by atoms with E-state index in [1.807, 2.05) is 36.4 Å². The van der Waals surface area contributed by atoms with Crippen LogP contribution in [0.5, 0.6) is 5.75 Å². The van der Waals surface area contributed by atoms with Crippen molar-refractivity contribution < 1.29 is 13.9 Å². The van der Waals surface area contributed by atoms with Gasteiger partial charge in [0.15, 0.2) is 6.61 Å². The molecule has 2 heterocycles. The summed E-state index contributed by atoms with van der Waals surface area (Å²) >= 11 is 0. The van der Waals surface area contributed by atoms with Gasteiger partial charge in [0.2, 0.25) is 0 Å². The van der Waals surface area contributed by atoms with Gasteiger partial charge in [-0.1, -0.05) is 26.0 Å². The average molecular weight is 339 g/mol. The van der Waals surface area contributed by atoms with Crippen molar-refractivity contribution in [3.05, 3.63) is 66.2 Å². The zero-order valence-corrected chi connectivity index (χ0v) is 14.3. The van der Waals surface area contributed by atoms with Gasteiger partial charge in [0.25, 0.3) is 5.91 Å². The Labute approximate surface area is 146 Å². The summed E-state index contributed by atoms with van der Waals surface area (Å²) in [5.41, 5.74) is 1.23. The minimum Gasteiger partial charge on any atom is -0.484 e. The lowest BCUT2D eigenvalue weighted by molar-refractivity contribution is -0.118. The number of amides is 1. The van der Waals surface area contributed by atoms with E-state index >= 15 is 0 Å². The Bertz CT molecular complexity index is 805. The van der Waals surface area contributed by atoms with E-state index in [1.54, 1.807) is 23.2 Å². The number of carbonyl (C=O) groups is 1. The second-order valence-electron chi connectivity index (χ2n) is 6.01. The lowest BCUT2D eigenvalue weighted by Crippen LogP contribution is -2.22. The second-order valence-corrected chi connectivity index (χ2v) is 6.01. The smallest absolute Gasteiger partial charge is 0.263 e. The van der Waals surface area contributed by atoms with Crippen molar-refractivity contribution in [3.8, 4) is 5.75 Å². The van der Waals surface area contributed by atoms with Gasteiger partial charge in [-0.15, -0.1) is 0 Å². The highest BCUT2D eigenvalue weighted by Crippen LogP contribution is 2.18. The summed E-state index contributed by atoms with van der Waals surface area (Å²) in [6.45, 7) is 4.66. The van der Waals surface area contributed by atoms with Crippen molar-refractivity contribution >= 4 is 11.7 Å². The predicted octanol–water partition coefficient (Wildman–Crippen LogP) is 3.67. The van der Waals surface area contributed by atoms with Gasteiger partial charge >= 0.3 is 0 Å². The third kappa shape index (κ3) is 4.50. The van der Waals surface area contributed by atoms with Crippen LogP contribution in [0.15, 0.2) is 59.3 Å². The third-order valence-electron chi connectivity index (χ3n) is 3.79. The normalized spacial score (nSPS) is 10.8. The third-order valence-corrected chi connectivity index (χ3v) is 3.79. The number of hydrogen-bond donors (Lipinski definition) is 1. The van der Waals surface area contributed by atoms with Crippen LogP contribution in [0, 0.1) is 0 Å².